The van der Waals surface area contributed by atoms with E-state index in [0.29, 0.717) is 35.0 Å². The largest absolute Gasteiger partial charge is 0.493 e. The van der Waals surface area contributed by atoms with E-state index < -0.39 is 11.4 Å². The van der Waals surface area contributed by atoms with Gasteiger partial charge in [0.1, 0.15) is 11.1 Å². The molecule has 0 aliphatic heterocycles. The van der Waals surface area contributed by atoms with Crippen LogP contribution in [0.3, 0.4) is 0 Å². The zero-order chi connectivity index (χ0) is 20.1. The summed E-state index contributed by atoms with van der Waals surface area (Å²) in [6.07, 6.45) is 2.99. The van der Waals surface area contributed by atoms with Crippen LogP contribution in [0.2, 0.25) is 0 Å². The lowest BCUT2D eigenvalue weighted by Gasteiger charge is -2.12. The monoisotopic (exact) mass is 378 g/mol. The van der Waals surface area contributed by atoms with Crippen molar-refractivity contribution in [2.75, 3.05) is 13.7 Å². The minimum Gasteiger partial charge on any atom is -0.493 e. The third-order valence-corrected chi connectivity index (χ3v) is 4.09. The van der Waals surface area contributed by atoms with Gasteiger partial charge in [0, 0.05) is 5.39 Å². The lowest BCUT2D eigenvalue weighted by atomic mass is 10.1. The molecular weight excluding hydrogens is 356 g/mol. The number of allylic oxidation sites excluding steroid dienone is 1. The molecule has 0 aliphatic rings. The number of fused-ring (bicyclic) bond motifs is 1. The van der Waals surface area contributed by atoms with Crippen LogP contribution in [0, 0.1) is 5.92 Å². The summed E-state index contributed by atoms with van der Waals surface area (Å²) in [5.41, 5.74) is 0.567. The maximum Gasteiger partial charge on any atom is 0.347 e. The first-order valence-corrected chi connectivity index (χ1v) is 9.04. The van der Waals surface area contributed by atoms with Gasteiger partial charge in [-0.25, -0.2) is 4.79 Å². The van der Waals surface area contributed by atoms with E-state index in [1.807, 2.05) is 12.1 Å². The van der Waals surface area contributed by atoms with Crippen LogP contribution in [0.25, 0.3) is 17.0 Å². The second-order valence-electron chi connectivity index (χ2n) is 6.80. The molecule has 0 N–H and O–H groups in total. The third-order valence-electron chi connectivity index (χ3n) is 4.09. The van der Waals surface area contributed by atoms with Crippen molar-refractivity contribution < 1.29 is 18.7 Å². The lowest BCUT2D eigenvalue weighted by Crippen LogP contribution is -2.11. The molecule has 0 fully saturated rings. The van der Waals surface area contributed by atoms with E-state index in [1.165, 1.54) is 6.08 Å². The van der Waals surface area contributed by atoms with Gasteiger partial charge in [-0.2, -0.15) is 0 Å². The Morgan fingerprint density at radius 2 is 1.89 bits per heavy atom. The molecule has 28 heavy (non-hydrogen) atoms. The van der Waals surface area contributed by atoms with Crippen molar-refractivity contribution in [1.82, 2.24) is 0 Å². The van der Waals surface area contributed by atoms with Gasteiger partial charge in [-0.05, 0) is 41.8 Å². The molecule has 1 heterocycles. The van der Waals surface area contributed by atoms with Gasteiger partial charge in [0.2, 0.25) is 0 Å². The van der Waals surface area contributed by atoms with E-state index in [-0.39, 0.29) is 5.56 Å². The number of benzene rings is 2. The summed E-state index contributed by atoms with van der Waals surface area (Å²) in [5.74, 6) is 1.19. The van der Waals surface area contributed by atoms with E-state index in [4.69, 9.17) is 13.9 Å². The first-order chi connectivity index (χ1) is 13.5. The van der Waals surface area contributed by atoms with Gasteiger partial charge in [-0.15, -0.1) is 0 Å². The Bertz CT molecular complexity index is 1080. The van der Waals surface area contributed by atoms with Crippen LogP contribution >= 0.6 is 0 Å². The lowest BCUT2D eigenvalue weighted by molar-refractivity contribution is 0.104. The van der Waals surface area contributed by atoms with E-state index in [2.05, 4.69) is 13.8 Å². The molecule has 0 atom stereocenters. The number of methoxy groups -OCH3 is 1. The van der Waals surface area contributed by atoms with Crippen molar-refractivity contribution in [3.63, 3.8) is 0 Å². The standard InChI is InChI=1S/C23H22O5/c1-15(2)14-27-22-12-16(9-11-21(22)26-3)8-10-19(24)18-13-17-6-4-5-7-20(17)28-23(18)25/h4-13,15H,14H2,1-3H3/b10-8+. The Kier molecular flexibility index (Phi) is 5.94. The summed E-state index contributed by atoms with van der Waals surface area (Å²) >= 11 is 0. The Morgan fingerprint density at radius 3 is 2.64 bits per heavy atom. The van der Waals surface area contributed by atoms with Crippen molar-refractivity contribution in [2.45, 2.75) is 13.8 Å². The van der Waals surface area contributed by atoms with Crippen LogP contribution in [0.4, 0.5) is 0 Å². The second-order valence-corrected chi connectivity index (χ2v) is 6.80. The smallest absolute Gasteiger partial charge is 0.347 e. The maximum absolute atomic E-state index is 12.5. The summed E-state index contributed by atoms with van der Waals surface area (Å²) in [7, 11) is 1.58. The Labute approximate surface area is 163 Å². The zero-order valence-corrected chi connectivity index (χ0v) is 16.1. The highest BCUT2D eigenvalue weighted by Crippen LogP contribution is 2.29. The Morgan fingerprint density at radius 1 is 1.11 bits per heavy atom. The van der Waals surface area contributed by atoms with E-state index >= 15 is 0 Å². The van der Waals surface area contributed by atoms with Gasteiger partial charge in [-0.1, -0.05) is 44.2 Å². The number of ketones is 1. The van der Waals surface area contributed by atoms with Gasteiger partial charge in [-0.3, -0.25) is 4.79 Å². The Hall–Kier alpha value is -3.34. The molecule has 3 rings (SSSR count). The van der Waals surface area contributed by atoms with E-state index in [1.54, 1.807) is 49.6 Å². The predicted octanol–water partition coefficient (Wildman–Crippen LogP) is 4.73. The molecule has 0 spiro atoms. The number of hydrogen-bond acceptors (Lipinski definition) is 5. The average Bonchev–Trinajstić information content (AvgIpc) is 2.69. The fourth-order valence-corrected chi connectivity index (χ4v) is 2.66. The second kappa shape index (κ2) is 8.57. The van der Waals surface area contributed by atoms with Crippen LogP contribution in [-0.4, -0.2) is 19.5 Å². The number of carbonyl (C=O) groups is 1. The maximum atomic E-state index is 12.5. The highest BCUT2D eigenvalue weighted by atomic mass is 16.5. The van der Waals surface area contributed by atoms with Gasteiger partial charge in [0.15, 0.2) is 17.3 Å². The summed E-state index contributed by atoms with van der Waals surface area (Å²) in [5, 5.41) is 0.702. The van der Waals surface area contributed by atoms with Crippen molar-refractivity contribution in [2.24, 2.45) is 5.92 Å². The van der Waals surface area contributed by atoms with Crippen molar-refractivity contribution in [3.8, 4) is 11.5 Å². The third kappa shape index (κ3) is 4.49. The van der Waals surface area contributed by atoms with E-state index in [0.717, 1.165) is 5.56 Å². The first kappa shape index (κ1) is 19.4. The van der Waals surface area contributed by atoms with Gasteiger partial charge in [0.25, 0.3) is 0 Å². The topological polar surface area (TPSA) is 65.7 Å². The van der Waals surface area contributed by atoms with E-state index in [9.17, 15) is 9.59 Å². The fourth-order valence-electron chi connectivity index (χ4n) is 2.66. The number of carbonyl (C=O) groups excluding carboxylic acids is 1. The van der Waals surface area contributed by atoms with Crippen LogP contribution in [0.5, 0.6) is 11.5 Å². The molecule has 0 amide bonds. The molecule has 5 heteroatoms. The quantitative estimate of drug-likeness (QED) is 0.338. The molecular formula is C23H22O5. The predicted molar refractivity (Wildman–Crippen MR) is 109 cm³/mol. The molecule has 0 saturated heterocycles. The molecule has 5 nitrogen and oxygen atoms in total. The molecule has 1 aromatic heterocycles. The number of para-hydroxylation sites is 1. The number of rotatable bonds is 7. The SMILES string of the molecule is COc1ccc(/C=C/C(=O)c2cc3ccccc3oc2=O)cc1OCC(C)C. The number of ether oxygens (including phenoxy) is 2. The summed E-state index contributed by atoms with van der Waals surface area (Å²) < 4.78 is 16.3. The van der Waals surface area contributed by atoms with Crippen molar-refractivity contribution in [1.29, 1.82) is 0 Å². The normalized spacial score (nSPS) is 11.3. The summed E-state index contributed by atoms with van der Waals surface area (Å²) in [4.78, 5) is 24.6. The van der Waals surface area contributed by atoms with Crippen molar-refractivity contribution >= 4 is 22.8 Å². The molecule has 0 unspecified atom stereocenters. The molecule has 3 aromatic rings. The fraction of sp³-hybridized carbons (Fsp3) is 0.217. The van der Waals surface area contributed by atoms with Gasteiger partial charge >= 0.3 is 5.63 Å². The van der Waals surface area contributed by atoms with Crippen LogP contribution in [-0.2, 0) is 0 Å². The summed E-state index contributed by atoms with van der Waals surface area (Å²) in [6, 6.07) is 14.0. The highest BCUT2D eigenvalue weighted by molar-refractivity contribution is 6.07. The Balaban J connectivity index is 1.85. The molecule has 0 radical (unpaired) electrons. The number of hydrogen-bond donors (Lipinski definition) is 0. The molecule has 0 saturated carbocycles. The first-order valence-electron chi connectivity index (χ1n) is 9.04. The van der Waals surface area contributed by atoms with Gasteiger partial charge in [0.05, 0.1) is 13.7 Å². The molecule has 0 bridgehead atoms. The van der Waals surface area contributed by atoms with Crippen molar-refractivity contribution in [3.05, 3.63) is 76.2 Å². The summed E-state index contributed by atoms with van der Waals surface area (Å²) in [6.45, 7) is 4.68. The van der Waals surface area contributed by atoms with Crippen LogP contribution < -0.4 is 15.1 Å². The van der Waals surface area contributed by atoms with Crippen LogP contribution in [0.15, 0.2) is 63.8 Å². The highest BCUT2D eigenvalue weighted by Gasteiger charge is 2.11. The van der Waals surface area contributed by atoms with Crippen LogP contribution in [0.1, 0.15) is 29.8 Å². The minimum atomic E-state index is -0.649. The zero-order valence-electron chi connectivity index (χ0n) is 16.1. The molecule has 0 aliphatic carbocycles. The van der Waals surface area contributed by atoms with Gasteiger partial charge < -0.3 is 13.9 Å². The minimum absolute atomic E-state index is 0.000238. The molecule has 2 aromatic carbocycles. The average molecular weight is 378 g/mol. The molecule has 144 valence electrons.